The van der Waals surface area contributed by atoms with Crippen molar-refractivity contribution in [1.82, 2.24) is 0 Å². The summed E-state index contributed by atoms with van der Waals surface area (Å²) < 4.78 is 11.0. The monoisotopic (exact) mass is 344 g/mol. The first kappa shape index (κ1) is 16.1. The minimum absolute atomic E-state index is 0.0770. The fraction of sp³-hybridized carbons (Fsp3) is 0.0909. The zero-order valence-corrected chi connectivity index (χ0v) is 14.2. The van der Waals surface area contributed by atoms with Gasteiger partial charge in [-0.15, -0.1) is 0 Å². The molecule has 0 saturated heterocycles. The fourth-order valence-corrected chi connectivity index (χ4v) is 2.92. The van der Waals surface area contributed by atoms with E-state index in [1.807, 2.05) is 37.3 Å². The van der Waals surface area contributed by atoms with E-state index in [1.54, 1.807) is 36.4 Å². The van der Waals surface area contributed by atoms with Gasteiger partial charge in [0.25, 0.3) is 0 Å². The Hall–Kier alpha value is -3.40. The van der Waals surface area contributed by atoms with Crippen molar-refractivity contribution in [2.75, 3.05) is 6.61 Å². The van der Waals surface area contributed by atoms with Crippen LogP contribution in [-0.4, -0.2) is 12.4 Å². The molecule has 0 bridgehead atoms. The van der Waals surface area contributed by atoms with Gasteiger partial charge < -0.3 is 9.15 Å². The second-order valence-electron chi connectivity index (χ2n) is 6.17. The minimum Gasteiger partial charge on any atom is -0.485 e. The highest BCUT2D eigenvalue weighted by atomic mass is 16.5. The average molecular weight is 344 g/mol. The van der Waals surface area contributed by atoms with E-state index in [4.69, 9.17) is 9.15 Å². The maximum atomic E-state index is 12.2. The van der Waals surface area contributed by atoms with E-state index in [1.165, 1.54) is 0 Å². The zero-order valence-electron chi connectivity index (χ0n) is 14.2. The van der Waals surface area contributed by atoms with Gasteiger partial charge in [0.15, 0.2) is 12.4 Å². The Morgan fingerprint density at radius 3 is 2.42 bits per heavy atom. The molecule has 0 fully saturated rings. The van der Waals surface area contributed by atoms with Crippen LogP contribution in [0.2, 0.25) is 0 Å². The number of carbonyl (C=O) groups is 1. The van der Waals surface area contributed by atoms with E-state index in [0.29, 0.717) is 22.3 Å². The highest BCUT2D eigenvalue weighted by Crippen LogP contribution is 2.26. The minimum atomic E-state index is -0.388. The molecule has 0 aliphatic rings. The summed E-state index contributed by atoms with van der Waals surface area (Å²) in [6.45, 7) is 1.89. The van der Waals surface area contributed by atoms with Gasteiger partial charge in [-0.3, -0.25) is 4.79 Å². The van der Waals surface area contributed by atoms with Crippen LogP contribution in [0.1, 0.15) is 15.9 Å². The lowest BCUT2D eigenvalue weighted by Crippen LogP contribution is -2.11. The maximum Gasteiger partial charge on any atom is 0.344 e. The number of fused-ring (bicyclic) bond motifs is 3. The molecule has 4 aromatic rings. The molecule has 1 heterocycles. The van der Waals surface area contributed by atoms with Crippen LogP contribution >= 0.6 is 0 Å². The third kappa shape index (κ3) is 2.97. The highest BCUT2D eigenvalue weighted by Gasteiger charge is 2.10. The first-order valence-electron chi connectivity index (χ1n) is 8.30. The van der Waals surface area contributed by atoms with Crippen LogP contribution in [-0.2, 0) is 0 Å². The Balaban J connectivity index is 1.61. The largest absolute Gasteiger partial charge is 0.485 e. The SMILES string of the molecule is Cc1ccc(C(=O)COc2ccc3c(c2)oc(=O)c2ccccc23)cc1. The lowest BCUT2D eigenvalue weighted by molar-refractivity contribution is 0.0921. The van der Waals surface area contributed by atoms with Crippen molar-refractivity contribution in [3.05, 3.63) is 88.3 Å². The number of hydrogen-bond donors (Lipinski definition) is 0. The number of hydrogen-bond acceptors (Lipinski definition) is 4. The van der Waals surface area contributed by atoms with Crippen LogP contribution in [0.3, 0.4) is 0 Å². The summed E-state index contributed by atoms with van der Waals surface area (Å²) in [5, 5.41) is 2.21. The standard InChI is InChI=1S/C22H16O4/c1-14-6-8-15(9-7-14)20(23)13-25-16-10-11-18-17-4-2-3-5-19(17)22(24)26-21(18)12-16/h2-12H,13H2,1H3. The molecule has 128 valence electrons. The molecule has 0 unspecified atom stereocenters. The van der Waals surface area contributed by atoms with Gasteiger partial charge in [0.1, 0.15) is 11.3 Å². The molecule has 0 radical (unpaired) electrons. The molecule has 3 aromatic carbocycles. The first-order chi connectivity index (χ1) is 12.6. The Bertz CT molecular complexity index is 1170. The molecular formula is C22H16O4. The van der Waals surface area contributed by atoms with Crippen molar-refractivity contribution in [2.45, 2.75) is 6.92 Å². The summed E-state index contributed by atoms with van der Waals surface area (Å²) in [6, 6.07) is 19.9. The lowest BCUT2D eigenvalue weighted by atomic mass is 10.1. The molecule has 0 amide bonds. The van der Waals surface area contributed by atoms with Crippen molar-refractivity contribution >= 4 is 27.5 Å². The molecule has 0 aliphatic carbocycles. The van der Waals surface area contributed by atoms with Crippen molar-refractivity contribution in [3.8, 4) is 5.75 Å². The van der Waals surface area contributed by atoms with Crippen molar-refractivity contribution in [3.63, 3.8) is 0 Å². The van der Waals surface area contributed by atoms with Gasteiger partial charge >= 0.3 is 5.63 Å². The van der Waals surface area contributed by atoms with Crippen molar-refractivity contribution in [1.29, 1.82) is 0 Å². The summed E-state index contributed by atoms with van der Waals surface area (Å²) in [5.41, 5.74) is 1.75. The summed E-state index contributed by atoms with van der Waals surface area (Å²) in [7, 11) is 0. The summed E-state index contributed by atoms with van der Waals surface area (Å²) in [4.78, 5) is 24.3. The van der Waals surface area contributed by atoms with Crippen LogP contribution < -0.4 is 10.4 Å². The van der Waals surface area contributed by atoms with Crippen LogP contribution in [0.25, 0.3) is 21.7 Å². The van der Waals surface area contributed by atoms with Gasteiger partial charge in [-0.1, -0.05) is 48.0 Å². The number of Topliss-reactive ketones (excluding diaryl/α,β-unsaturated/α-hetero) is 1. The van der Waals surface area contributed by atoms with Crippen LogP contribution in [0.5, 0.6) is 5.75 Å². The van der Waals surface area contributed by atoms with E-state index in [-0.39, 0.29) is 18.0 Å². The molecule has 1 aromatic heterocycles. The van der Waals surface area contributed by atoms with E-state index >= 15 is 0 Å². The van der Waals surface area contributed by atoms with Crippen molar-refractivity contribution in [2.24, 2.45) is 0 Å². The summed E-state index contributed by atoms with van der Waals surface area (Å²) in [6.07, 6.45) is 0. The second-order valence-corrected chi connectivity index (χ2v) is 6.17. The quantitative estimate of drug-likeness (QED) is 0.310. The summed E-state index contributed by atoms with van der Waals surface area (Å²) in [5.74, 6) is 0.376. The molecule has 4 rings (SSSR count). The smallest absolute Gasteiger partial charge is 0.344 e. The number of aryl methyl sites for hydroxylation is 1. The Morgan fingerprint density at radius 1 is 0.923 bits per heavy atom. The third-order valence-corrected chi connectivity index (χ3v) is 4.34. The number of carbonyl (C=O) groups excluding carboxylic acids is 1. The first-order valence-corrected chi connectivity index (χ1v) is 8.30. The molecule has 4 nitrogen and oxygen atoms in total. The van der Waals surface area contributed by atoms with E-state index in [0.717, 1.165) is 16.3 Å². The average Bonchev–Trinajstić information content (AvgIpc) is 2.67. The lowest BCUT2D eigenvalue weighted by Gasteiger charge is -2.08. The van der Waals surface area contributed by atoms with Crippen molar-refractivity contribution < 1.29 is 13.9 Å². The Kier molecular flexibility index (Phi) is 4.01. The Morgan fingerprint density at radius 2 is 1.65 bits per heavy atom. The number of ketones is 1. The van der Waals surface area contributed by atoms with Gasteiger partial charge in [-0.2, -0.15) is 0 Å². The van der Waals surface area contributed by atoms with E-state index < -0.39 is 0 Å². The zero-order chi connectivity index (χ0) is 18.1. The molecule has 0 saturated carbocycles. The second kappa shape index (κ2) is 6.48. The highest BCUT2D eigenvalue weighted by molar-refractivity contribution is 6.04. The van der Waals surface area contributed by atoms with E-state index in [2.05, 4.69) is 0 Å². The van der Waals surface area contributed by atoms with Gasteiger partial charge in [-0.05, 0) is 30.5 Å². The normalized spacial score (nSPS) is 11.0. The molecule has 4 heteroatoms. The van der Waals surface area contributed by atoms with Gasteiger partial charge in [-0.25, -0.2) is 4.79 Å². The predicted molar refractivity (Wildman–Crippen MR) is 101 cm³/mol. The van der Waals surface area contributed by atoms with Crippen LogP contribution in [0.15, 0.2) is 75.9 Å². The van der Waals surface area contributed by atoms with Crippen LogP contribution in [0, 0.1) is 6.92 Å². The molecule has 0 atom stereocenters. The van der Waals surface area contributed by atoms with Gasteiger partial charge in [0.05, 0.1) is 5.39 Å². The van der Waals surface area contributed by atoms with E-state index in [9.17, 15) is 9.59 Å². The number of benzene rings is 3. The molecular weight excluding hydrogens is 328 g/mol. The van der Waals surface area contributed by atoms with Crippen LogP contribution in [0.4, 0.5) is 0 Å². The summed E-state index contributed by atoms with van der Waals surface area (Å²) >= 11 is 0. The molecule has 0 spiro atoms. The topological polar surface area (TPSA) is 56.5 Å². The molecule has 0 aliphatic heterocycles. The molecule has 0 N–H and O–H groups in total. The predicted octanol–water partition coefficient (Wildman–Crippen LogP) is 4.52. The maximum absolute atomic E-state index is 12.2. The number of ether oxygens (including phenoxy) is 1. The molecule has 26 heavy (non-hydrogen) atoms. The fourth-order valence-electron chi connectivity index (χ4n) is 2.92. The van der Waals surface area contributed by atoms with Gasteiger partial charge in [0, 0.05) is 17.0 Å². The third-order valence-electron chi connectivity index (χ3n) is 4.34. The van der Waals surface area contributed by atoms with Gasteiger partial charge in [0.2, 0.25) is 0 Å². The Labute approximate surface area is 149 Å². The number of rotatable bonds is 4.